The van der Waals surface area contributed by atoms with Crippen LogP contribution < -0.4 is 16.2 Å². The third-order valence-corrected chi connectivity index (χ3v) is 5.51. The van der Waals surface area contributed by atoms with Crippen molar-refractivity contribution in [2.75, 3.05) is 5.32 Å². The number of urea groups is 1. The first-order chi connectivity index (χ1) is 13.0. The van der Waals surface area contributed by atoms with Gasteiger partial charge in [-0.15, -0.1) is 0 Å². The van der Waals surface area contributed by atoms with Gasteiger partial charge in [0.15, 0.2) is 0 Å². The van der Waals surface area contributed by atoms with E-state index in [2.05, 4.69) is 29.7 Å². The minimum atomic E-state index is -0.386. The van der Waals surface area contributed by atoms with E-state index in [0.29, 0.717) is 5.69 Å². The maximum Gasteiger partial charge on any atom is 0.319 e. The van der Waals surface area contributed by atoms with Gasteiger partial charge in [-0.3, -0.25) is 4.79 Å². The zero-order chi connectivity index (χ0) is 19.0. The molecule has 0 spiro atoms. The molecule has 0 saturated heterocycles. The van der Waals surface area contributed by atoms with Gasteiger partial charge in [-0.2, -0.15) is 0 Å². The van der Waals surface area contributed by atoms with Gasteiger partial charge in [-0.25, -0.2) is 4.79 Å². The van der Waals surface area contributed by atoms with Gasteiger partial charge in [-0.05, 0) is 60.9 Å². The van der Waals surface area contributed by atoms with E-state index in [1.54, 1.807) is 23.7 Å². The van der Waals surface area contributed by atoms with Gasteiger partial charge in [0.05, 0.1) is 11.1 Å². The van der Waals surface area contributed by atoms with Crippen molar-refractivity contribution in [3.05, 3.63) is 76.1 Å². The van der Waals surface area contributed by atoms with Gasteiger partial charge in [0.1, 0.15) is 0 Å². The van der Waals surface area contributed by atoms with Crippen LogP contribution >= 0.6 is 0 Å². The standard InChI is InChI=1S/C22H23N3O2/c1-22(13-5-7-15-6-3-4-8-18(15)22)24-21(27)23-17-11-9-16-10-12-20(26)25(2)19(16)14-17/h3-4,6,8-12,14H,5,7,13H2,1-2H3,(H2,23,24,27). The lowest BCUT2D eigenvalue weighted by Gasteiger charge is -2.36. The molecule has 0 bridgehead atoms. The first-order valence-corrected chi connectivity index (χ1v) is 9.24. The van der Waals surface area contributed by atoms with Gasteiger partial charge in [0.25, 0.3) is 5.56 Å². The van der Waals surface area contributed by atoms with Gasteiger partial charge in [0.2, 0.25) is 0 Å². The number of pyridine rings is 1. The van der Waals surface area contributed by atoms with Crippen LogP contribution in [0.2, 0.25) is 0 Å². The summed E-state index contributed by atoms with van der Waals surface area (Å²) >= 11 is 0. The van der Waals surface area contributed by atoms with Crippen molar-refractivity contribution in [1.82, 2.24) is 9.88 Å². The summed E-state index contributed by atoms with van der Waals surface area (Å²) in [5.41, 5.74) is 3.47. The van der Waals surface area contributed by atoms with Crippen molar-refractivity contribution in [2.45, 2.75) is 31.7 Å². The van der Waals surface area contributed by atoms with Crippen LogP contribution in [0.15, 0.2) is 59.4 Å². The molecule has 138 valence electrons. The van der Waals surface area contributed by atoms with Crippen LogP contribution in [-0.2, 0) is 19.0 Å². The summed E-state index contributed by atoms with van der Waals surface area (Å²) in [7, 11) is 1.73. The Morgan fingerprint density at radius 2 is 1.89 bits per heavy atom. The highest BCUT2D eigenvalue weighted by Gasteiger charge is 2.33. The van der Waals surface area contributed by atoms with Crippen LogP contribution in [0.3, 0.4) is 0 Å². The lowest BCUT2D eigenvalue weighted by Crippen LogP contribution is -2.47. The number of carbonyl (C=O) groups excluding carboxylic acids is 1. The molecule has 5 nitrogen and oxygen atoms in total. The summed E-state index contributed by atoms with van der Waals surface area (Å²) < 4.78 is 1.58. The van der Waals surface area contributed by atoms with E-state index >= 15 is 0 Å². The molecular formula is C22H23N3O2. The van der Waals surface area contributed by atoms with Crippen LogP contribution in [0.25, 0.3) is 10.9 Å². The van der Waals surface area contributed by atoms with Crippen molar-refractivity contribution in [2.24, 2.45) is 7.05 Å². The second kappa shape index (κ2) is 6.58. The summed E-state index contributed by atoms with van der Waals surface area (Å²) in [6, 6.07) is 17.0. The molecule has 27 heavy (non-hydrogen) atoms. The zero-order valence-electron chi connectivity index (χ0n) is 15.6. The Labute approximate surface area is 158 Å². The molecule has 2 aromatic carbocycles. The van der Waals surface area contributed by atoms with E-state index in [1.165, 1.54) is 11.1 Å². The van der Waals surface area contributed by atoms with Crippen molar-refractivity contribution < 1.29 is 4.79 Å². The van der Waals surface area contributed by atoms with Crippen molar-refractivity contribution >= 4 is 22.6 Å². The normalized spacial score (nSPS) is 18.7. The smallest absolute Gasteiger partial charge is 0.319 e. The largest absolute Gasteiger partial charge is 0.329 e. The topological polar surface area (TPSA) is 63.1 Å². The third kappa shape index (κ3) is 3.21. The Morgan fingerprint density at radius 3 is 2.74 bits per heavy atom. The first-order valence-electron chi connectivity index (χ1n) is 9.24. The summed E-state index contributed by atoms with van der Waals surface area (Å²) in [4.78, 5) is 24.5. The fraction of sp³-hybridized carbons (Fsp3) is 0.273. The van der Waals surface area contributed by atoms with Crippen molar-refractivity contribution in [1.29, 1.82) is 0 Å². The summed E-state index contributed by atoms with van der Waals surface area (Å²) in [5, 5.41) is 7.03. The van der Waals surface area contributed by atoms with Gasteiger partial charge in [0, 0.05) is 18.8 Å². The molecular weight excluding hydrogens is 338 g/mol. The number of rotatable bonds is 2. The van der Waals surface area contributed by atoms with Crippen LogP contribution in [0.1, 0.15) is 30.9 Å². The van der Waals surface area contributed by atoms with Crippen LogP contribution in [-0.4, -0.2) is 10.6 Å². The number of nitrogens with zero attached hydrogens (tertiary/aromatic N) is 1. The molecule has 2 amide bonds. The Morgan fingerprint density at radius 1 is 1.11 bits per heavy atom. The highest BCUT2D eigenvalue weighted by atomic mass is 16.2. The number of nitrogens with one attached hydrogen (secondary N) is 2. The monoisotopic (exact) mass is 361 g/mol. The van der Waals surface area contributed by atoms with E-state index in [0.717, 1.165) is 30.2 Å². The molecule has 0 radical (unpaired) electrons. The van der Waals surface area contributed by atoms with Crippen LogP contribution in [0.4, 0.5) is 10.5 Å². The van der Waals surface area contributed by atoms with E-state index in [-0.39, 0.29) is 17.1 Å². The Kier molecular flexibility index (Phi) is 4.22. The van der Waals surface area contributed by atoms with E-state index in [9.17, 15) is 9.59 Å². The number of hydrogen-bond acceptors (Lipinski definition) is 2. The predicted molar refractivity (Wildman–Crippen MR) is 108 cm³/mol. The number of benzene rings is 2. The molecule has 1 aliphatic rings. The highest BCUT2D eigenvalue weighted by Crippen LogP contribution is 2.34. The fourth-order valence-electron chi connectivity index (χ4n) is 4.03. The second-order valence-electron chi connectivity index (χ2n) is 7.43. The zero-order valence-corrected chi connectivity index (χ0v) is 15.6. The minimum absolute atomic E-state index is 0.0737. The van der Waals surface area contributed by atoms with Crippen LogP contribution in [0.5, 0.6) is 0 Å². The lowest BCUT2D eigenvalue weighted by atomic mass is 9.78. The lowest BCUT2D eigenvalue weighted by molar-refractivity contribution is 0.233. The average Bonchev–Trinajstić information content (AvgIpc) is 2.65. The maximum atomic E-state index is 12.7. The molecule has 0 aliphatic heterocycles. The maximum absolute atomic E-state index is 12.7. The van der Waals surface area contributed by atoms with Gasteiger partial charge < -0.3 is 15.2 Å². The molecule has 1 aliphatic carbocycles. The number of aryl methyl sites for hydroxylation is 2. The van der Waals surface area contributed by atoms with Gasteiger partial charge >= 0.3 is 6.03 Å². The molecule has 0 fully saturated rings. The molecule has 1 atom stereocenters. The van der Waals surface area contributed by atoms with E-state index < -0.39 is 0 Å². The molecule has 1 aromatic heterocycles. The Balaban J connectivity index is 1.58. The number of hydrogen-bond donors (Lipinski definition) is 2. The molecule has 3 aromatic rings. The molecule has 2 N–H and O–H groups in total. The fourth-order valence-corrected chi connectivity index (χ4v) is 4.03. The van der Waals surface area contributed by atoms with Crippen LogP contribution in [0, 0.1) is 0 Å². The van der Waals surface area contributed by atoms with E-state index in [1.807, 2.05) is 30.3 Å². The average molecular weight is 361 g/mol. The number of aromatic nitrogens is 1. The SMILES string of the molecule is Cn1c(=O)ccc2ccc(NC(=O)NC3(C)CCCc4ccccc43)cc21. The Bertz CT molecular complexity index is 1090. The summed E-state index contributed by atoms with van der Waals surface area (Å²) in [6.07, 6.45) is 3.00. The number of anilines is 1. The third-order valence-electron chi connectivity index (χ3n) is 5.51. The number of fused-ring (bicyclic) bond motifs is 2. The Hall–Kier alpha value is -3.08. The van der Waals surface area contributed by atoms with E-state index in [4.69, 9.17) is 0 Å². The quantitative estimate of drug-likeness (QED) is 0.727. The molecule has 4 rings (SSSR count). The number of amides is 2. The molecule has 1 unspecified atom stereocenters. The van der Waals surface area contributed by atoms with Gasteiger partial charge in [-0.1, -0.05) is 30.3 Å². The molecule has 0 saturated carbocycles. The summed E-state index contributed by atoms with van der Waals surface area (Å²) in [6.45, 7) is 2.08. The minimum Gasteiger partial charge on any atom is -0.329 e. The van der Waals surface area contributed by atoms with Crippen molar-refractivity contribution in [3.63, 3.8) is 0 Å². The predicted octanol–water partition coefficient (Wildman–Crippen LogP) is 3.91. The van der Waals surface area contributed by atoms with Crippen molar-refractivity contribution in [3.8, 4) is 0 Å². The summed E-state index contributed by atoms with van der Waals surface area (Å²) in [5.74, 6) is 0. The highest BCUT2D eigenvalue weighted by molar-refractivity contribution is 5.93. The first kappa shape index (κ1) is 17.3. The number of carbonyl (C=O) groups is 1. The molecule has 1 heterocycles. The molecule has 5 heteroatoms. The second-order valence-corrected chi connectivity index (χ2v) is 7.43.